The van der Waals surface area contributed by atoms with Gasteiger partial charge in [0.2, 0.25) is 5.91 Å². The van der Waals surface area contributed by atoms with Gasteiger partial charge in [0.15, 0.2) is 0 Å². The Morgan fingerprint density at radius 2 is 1.72 bits per heavy atom. The van der Waals surface area contributed by atoms with E-state index in [0.717, 1.165) is 31.0 Å². The molecule has 0 unspecified atom stereocenters. The number of amides is 3. The number of carbonyl (C=O) groups is 3. The molecule has 6 nitrogen and oxygen atoms in total. The lowest BCUT2D eigenvalue weighted by molar-refractivity contribution is -0.122. The highest BCUT2D eigenvalue weighted by Crippen LogP contribution is 2.44. The minimum atomic E-state index is -0.606. The first-order valence-electron chi connectivity index (χ1n) is 9.93. The number of rotatable bonds is 9. The van der Waals surface area contributed by atoms with Crippen LogP contribution in [0.25, 0.3) is 5.57 Å². The fourth-order valence-electron chi connectivity index (χ4n) is 3.60. The fraction of sp³-hybridized carbons (Fsp3) is 0.429. The minimum absolute atomic E-state index is 0.225. The zero-order valence-corrected chi connectivity index (χ0v) is 18.1. The molecule has 2 heterocycles. The average Bonchev–Trinajstić information content (AvgIpc) is 3.12. The van der Waals surface area contributed by atoms with E-state index in [9.17, 15) is 14.4 Å². The number of nitrogens with two attached hydrogens (primary N) is 1. The van der Waals surface area contributed by atoms with E-state index in [0.29, 0.717) is 32.6 Å². The first kappa shape index (κ1) is 21.5. The van der Waals surface area contributed by atoms with Crippen LogP contribution >= 0.6 is 24.0 Å². The molecule has 3 amide bonds. The van der Waals surface area contributed by atoms with E-state index in [1.165, 1.54) is 24.2 Å². The highest BCUT2D eigenvalue weighted by molar-refractivity contribution is 8.26. The smallest absolute Gasteiger partial charge is 0.267 e. The van der Waals surface area contributed by atoms with E-state index in [1.54, 1.807) is 29.2 Å². The molecule has 2 N–H and O–H groups in total. The van der Waals surface area contributed by atoms with Crippen LogP contribution in [0.5, 0.6) is 0 Å². The SMILES string of the molecule is CCCCCCCCN1C(=O)/C(=C2/C(=O)N(CC(N)=O)c3ccccc32)SC1=S. The molecule has 8 heteroatoms. The van der Waals surface area contributed by atoms with E-state index in [2.05, 4.69) is 6.92 Å². The number of hydrogen-bond acceptors (Lipinski definition) is 5. The lowest BCUT2D eigenvalue weighted by atomic mass is 10.1. The maximum atomic E-state index is 13.1. The molecule has 29 heavy (non-hydrogen) atoms. The Kier molecular flexibility index (Phi) is 7.08. The molecule has 0 bridgehead atoms. The summed E-state index contributed by atoms with van der Waals surface area (Å²) in [5.74, 6) is -1.22. The molecule has 0 aromatic heterocycles. The molecule has 0 aliphatic carbocycles. The van der Waals surface area contributed by atoms with Gasteiger partial charge in [0.1, 0.15) is 10.9 Å². The van der Waals surface area contributed by atoms with Gasteiger partial charge in [-0.3, -0.25) is 24.2 Å². The summed E-state index contributed by atoms with van der Waals surface area (Å²) in [6.07, 6.45) is 6.73. The molecular weight excluding hydrogens is 406 g/mol. The van der Waals surface area contributed by atoms with Crippen LogP contribution in [0.1, 0.15) is 51.0 Å². The summed E-state index contributed by atoms with van der Waals surface area (Å²) < 4.78 is 0.477. The number of thiocarbonyl (C=S) groups is 1. The zero-order chi connectivity index (χ0) is 21.0. The largest absolute Gasteiger partial charge is 0.368 e. The topological polar surface area (TPSA) is 83.7 Å². The normalized spacial score (nSPS) is 18.7. The van der Waals surface area contributed by atoms with Gasteiger partial charge in [-0.1, -0.05) is 81.2 Å². The molecule has 0 radical (unpaired) electrons. The van der Waals surface area contributed by atoms with Crippen LogP contribution in [-0.2, 0) is 14.4 Å². The maximum Gasteiger partial charge on any atom is 0.267 e. The quantitative estimate of drug-likeness (QED) is 0.368. The van der Waals surface area contributed by atoms with Gasteiger partial charge in [0.25, 0.3) is 11.8 Å². The highest BCUT2D eigenvalue weighted by Gasteiger charge is 2.42. The predicted molar refractivity (Wildman–Crippen MR) is 120 cm³/mol. The molecule has 1 saturated heterocycles. The summed E-state index contributed by atoms with van der Waals surface area (Å²) in [5.41, 5.74) is 6.85. The van der Waals surface area contributed by atoms with Crippen molar-refractivity contribution < 1.29 is 14.4 Å². The summed E-state index contributed by atoms with van der Waals surface area (Å²) in [4.78, 5) is 40.8. The number of unbranched alkanes of at least 4 members (excludes halogenated alkanes) is 5. The summed E-state index contributed by atoms with van der Waals surface area (Å²) in [6, 6.07) is 7.12. The van der Waals surface area contributed by atoms with Gasteiger partial charge in [-0.05, 0) is 12.5 Å². The number of hydrogen-bond donors (Lipinski definition) is 1. The van der Waals surface area contributed by atoms with Crippen molar-refractivity contribution in [3.8, 4) is 0 Å². The number of carbonyl (C=O) groups excluding carboxylic acids is 3. The maximum absolute atomic E-state index is 13.1. The van der Waals surface area contributed by atoms with Crippen molar-refractivity contribution in [3.63, 3.8) is 0 Å². The molecule has 154 valence electrons. The number of thioether (sulfide) groups is 1. The van der Waals surface area contributed by atoms with Crippen molar-refractivity contribution in [2.75, 3.05) is 18.0 Å². The van der Waals surface area contributed by atoms with E-state index < -0.39 is 5.91 Å². The predicted octanol–water partition coefficient (Wildman–Crippen LogP) is 3.45. The molecule has 1 fully saturated rings. The van der Waals surface area contributed by atoms with Gasteiger partial charge in [-0.15, -0.1) is 0 Å². The molecule has 0 spiro atoms. The molecule has 1 aromatic rings. The van der Waals surface area contributed by atoms with Crippen LogP contribution in [0.3, 0.4) is 0 Å². The van der Waals surface area contributed by atoms with Crippen molar-refractivity contribution in [1.29, 1.82) is 0 Å². The Morgan fingerprint density at radius 3 is 2.45 bits per heavy atom. The lowest BCUT2D eigenvalue weighted by Gasteiger charge is -2.15. The third-order valence-electron chi connectivity index (χ3n) is 5.05. The number of anilines is 1. The van der Waals surface area contributed by atoms with Gasteiger partial charge < -0.3 is 5.73 Å². The second-order valence-corrected chi connectivity index (χ2v) is 8.82. The molecular formula is C21H25N3O3S2. The lowest BCUT2D eigenvalue weighted by Crippen LogP contribution is -2.36. The summed E-state index contributed by atoms with van der Waals surface area (Å²) in [6.45, 7) is 2.52. The van der Waals surface area contributed by atoms with E-state index in [1.807, 2.05) is 0 Å². The zero-order valence-electron chi connectivity index (χ0n) is 16.5. The standard InChI is InChI=1S/C21H25N3O3S2/c1-2-3-4-5-6-9-12-23-20(27)18(29-21(23)28)17-14-10-7-8-11-15(14)24(19(17)26)13-16(22)25/h7-8,10-11H,2-6,9,12-13H2,1H3,(H2,22,25)/b18-17-. The Hall–Kier alpha value is -2.19. The van der Waals surface area contributed by atoms with Crippen LogP contribution < -0.4 is 10.6 Å². The first-order valence-corrected chi connectivity index (χ1v) is 11.2. The first-order chi connectivity index (χ1) is 14.0. The Bertz CT molecular complexity index is 882. The highest BCUT2D eigenvalue weighted by atomic mass is 32.2. The van der Waals surface area contributed by atoms with E-state index >= 15 is 0 Å². The van der Waals surface area contributed by atoms with Crippen molar-refractivity contribution in [1.82, 2.24) is 4.90 Å². The molecule has 0 saturated carbocycles. The van der Waals surface area contributed by atoms with Crippen molar-refractivity contribution in [2.45, 2.75) is 45.4 Å². The Labute approximate surface area is 180 Å². The molecule has 2 aliphatic rings. The number of benzene rings is 1. The molecule has 3 rings (SSSR count). The number of fused-ring (bicyclic) bond motifs is 1. The van der Waals surface area contributed by atoms with Crippen molar-refractivity contribution in [2.24, 2.45) is 5.73 Å². The van der Waals surface area contributed by atoms with Gasteiger partial charge in [-0.2, -0.15) is 0 Å². The van der Waals surface area contributed by atoms with Crippen LogP contribution in [-0.4, -0.2) is 40.0 Å². The Morgan fingerprint density at radius 1 is 1.03 bits per heavy atom. The van der Waals surface area contributed by atoms with Crippen LogP contribution in [0.2, 0.25) is 0 Å². The van der Waals surface area contributed by atoms with Gasteiger partial charge >= 0.3 is 0 Å². The second kappa shape index (κ2) is 9.54. The minimum Gasteiger partial charge on any atom is -0.368 e. The van der Waals surface area contributed by atoms with E-state index in [-0.39, 0.29) is 18.4 Å². The van der Waals surface area contributed by atoms with Crippen LogP contribution in [0, 0.1) is 0 Å². The number of nitrogens with zero attached hydrogens (tertiary/aromatic N) is 2. The molecule has 0 atom stereocenters. The monoisotopic (exact) mass is 431 g/mol. The summed E-state index contributed by atoms with van der Waals surface area (Å²) in [5, 5.41) is 0. The van der Waals surface area contributed by atoms with Crippen LogP contribution in [0.4, 0.5) is 5.69 Å². The second-order valence-electron chi connectivity index (χ2n) is 7.17. The van der Waals surface area contributed by atoms with Gasteiger partial charge in [0.05, 0.1) is 16.2 Å². The number of primary amides is 1. The fourth-order valence-corrected chi connectivity index (χ4v) is 4.98. The van der Waals surface area contributed by atoms with Gasteiger partial charge in [0, 0.05) is 12.1 Å². The molecule has 1 aromatic carbocycles. The third kappa shape index (κ3) is 4.53. The summed E-state index contributed by atoms with van der Waals surface area (Å²) in [7, 11) is 0. The van der Waals surface area contributed by atoms with Crippen LogP contribution in [0.15, 0.2) is 29.2 Å². The molecule has 2 aliphatic heterocycles. The van der Waals surface area contributed by atoms with E-state index in [4.69, 9.17) is 18.0 Å². The van der Waals surface area contributed by atoms with Crippen molar-refractivity contribution >= 4 is 57.3 Å². The third-order valence-corrected chi connectivity index (χ3v) is 6.50. The Balaban J connectivity index is 1.80. The van der Waals surface area contributed by atoms with Gasteiger partial charge in [-0.25, -0.2) is 0 Å². The summed E-state index contributed by atoms with van der Waals surface area (Å²) >= 11 is 6.58. The average molecular weight is 432 g/mol. The van der Waals surface area contributed by atoms with Crippen molar-refractivity contribution in [3.05, 3.63) is 34.7 Å². The number of para-hydroxylation sites is 1.